The molecule has 7 nitrogen and oxygen atoms in total. The summed E-state index contributed by atoms with van der Waals surface area (Å²) < 4.78 is 0. The predicted molar refractivity (Wildman–Crippen MR) is 132 cm³/mol. The van der Waals surface area contributed by atoms with E-state index < -0.39 is 11.8 Å². The molecule has 3 aromatic rings. The highest BCUT2D eigenvalue weighted by Crippen LogP contribution is 2.40. The first-order valence-electron chi connectivity index (χ1n) is 11.6. The first kappa shape index (κ1) is 21.8. The normalized spacial score (nSPS) is 18.6. The Kier molecular flexibility index (Phi) is 5.40. The number of carbonyl (C=O) groups is 3. The number of nitrogens with zero attached hydrogens (tertiary/aromatic N) is 3. The van der Waals surface area contributed by atoms with E-state index in [9.17, 15) is 14.4 Å². The van der Waals surface area contributed by atoms with E-state index in [4.69, 9.17) is 0 Å². The van der Waals surface area contributed by atoms with Gasteiger partial charge >= 0.3 is 0 Å². The van der Waals surface area contributed by atoms with E-state index in [-0.39, 0.29) is 23.0 Å². The van der Waals surface area contributed by atoms with Gasteiger partial charge in [0.2, 0.25) is 0 Å². The quantitative estimate of drug-likeness (QED) is 0.559. The zero-order valence-corrected chi connectivity index (χ0v) is 19.5. The molecule has 3 heterocycles. The van der Waals surface area contributed by atoms with Gasteiger partial charge in [0.05, 0.1) is 28.2 Å². The van der Waals surface area contributed by atoms with E-state index in [2.05, 4.69) is 10.1 Å². The van der Waals surface area contributed by atoms with Crippen molar-refractivity contribution in [2.24, 2.45) is 11.0 Å². The van der Waals surface area contributed by atoms with Crippen LogP contribution < -0.4 is 5.01 Å². The number of para-hydroxylation sites is 2. The average Bonchev–Trinajstić information content (AvgIpc) is 3.44. The minimum Gasteiger partial charge on any atom is -0.354 e. The van der Waals surface area contributed by atoms with Crippen molar-refractivity contribution in [3.8, 4) is 0 Å². The Morgan fingerprint density at radius 3 is 2.32 bits per heavy atom. The second kappa shape index (κ2) is 8.41. The summed E-state index contributed by atoms with van der Waals surface area (Å²) in [5, 5.41) is 6.91. The molecule has 5 rings (SSSR count). The maximum Gasteiger partial charge on any atom is 0.263 e. The van der Waals surface area contributed by atoms with Gasteiger partial charge in [0.15, 0.2) is 0 Å². The summed E-state index contributed by atoms with van der Waals surface area (Å²) in [4.78, 5) is 45.6. The van der Waals surface area contributed by atoms with Crippen LogP contribution in [0.1, 0.15) is 37.9 Å². The minimum absolute atomic E-state index is 0.220. The number of rotatable bonds is 6. The zero-order valence-electron chi connectivity index (χ0n) is 19.5. The molecule has 0 saturated heterocycles. The Labute approximate surface area is 197 Å². The summed E-state index contributed by atoms with van der Waals surface area (Å²) in [6, 6.07) is 16.9. The second-order valence-corrected chi connectivity index (χ2v) is 8.58. The fraction of sp³-hybridized carbons (Fsp3) is 0.259. The first-order chi connectivity index (χ1) is 16.5. The van der Waals surface area contributed by atoms with Gasteiger partial charge in [-0.2, -0.15) is 10.1 Å². The molecule has 1 unspecified atom stereocenters. The molecular weight excluding hydrogens is 428 g/mol. The lowest BCUT2D eigenvalue weighted by Gasteiger charge is -2.17. The van der Waals surface area contributed by atoms with Crippen molar-refractivity contribution >= 4 is 45.6 Å². The number of fused-ring (bicyclic) bond motifs is 1. The van der Waals surface area contributed by atoms with Crippen LogP contribution in [0.15, 0.2) is 65.3 Å². The van der Waals surface area contributed by atoms with E-state index in [1.807, 2.05) is 63.2 Å². The lowest BCUT2D eigenvalue weighted by Crippen LogP contribution is -2.36. The van der Waals surface area contributed by atoms with Crippen LogP contribution in [0.3, 0.4) is 0 Å². The second-order valence-electron chi connectivity index (χ2n) is 8.58. The number of benzene rings is 2. The van der Waals surface area contributed by atoms with Gasteiger partial charge in [-0.25, -0.2) is 0 Å². The smallest absolute Gasteiger partial charge is 0.263 e. The first-order valence-corrected chi connectivity index (χ1v) is 11.6. The molecule has 172 valence electrons. The molecule has 0 spiro atoms. The third kappa shape index (κ3) is 3.19. The Morgan fingerprint density at radius 1 is 0.941 bits per heavy atom. The van der Waals surface area contributed by atoms with Gasteiger partial charge < -0.3 is 4.98 Å². The van der Waals surface area contributed by atoms with Crippen molar-refractivity contribution in [1.82, 2.24) is 9.88 Å². The van der Waals surface area contributed by atoms with E-state index in [1.165, 1.54) is 9.91 Å². The molecule has 3 amide bonds. The van der Waals surface area contributed by atoms with Crippen molar-refractivity contribution in [3.05, 3.63) is 71.4 Å². The van der Waals surface area contributed by atoms with E-state index in [0.29, 0.717) is 36.5 Å². The fourth-order valence-electron chi connectivity index (χ4n) is 4.88. The molecule has 0 radical (unpaired) electrons. The molecule has 1 atom stereocenters. The van der Waals surface area contributed by atoms with Gasteiger partial charge in [-0.1, -0.05) is 50.2 Å². The molecule has 0 bridgehead atoms. The lowest BCUT2D eigenvalue weighted by molar-refractivity contribution is -0.137. The maximum atomic E-state index is 13.7. The SMILES string of the molecule is CCCN1C(=O)C(c2[nH]c3ccccc3c2C)=C(C2C(=O)N(c3ccccc3)N=C2CC)C1=O. The molecule has 0 saturated carbocycles. The van der Waals surface area contributed by atoms with Crippen LogP contribution in [0.4, 0.5) is 5.69 Å². The number of H-pyrrole nitrogens is 1. The molecule has 7 heteroatoms. The van der Waals surface area contributed by atoms with Gasteiger partial charge in [0, 0.05) is 17.4 Å². The molecule has 2 aliphatic heterocycles. The fourth-order valence-corrected chi connectivity index (χ4v) is 4.88. The third-order valence-electron chi connectivity index (χ3n) is 6.54. The van der Waals surface area contributed by atoms with Crippen LogP contribution in [-0.2, 0) is 14.4 Å². The van der Waals surface area contributed by atoms with Crippen molar-refractivity contribution in [2.45, 2.75) is 33.6 Å². The summed E-state index contributed by atoms with van der Waals surface area (Å²) >= 11 is 0. The van der Waals surface area contributed by atoms with Gasteiger partial charge in [-0.05, 0) is 43.5 Å². The highest BCUT2D eigenvalue weighted by molar-refractivity contribution is 6.39. The average molecular weight is 455 g/mol. The number of imide groups is 1. The number of nitrogens with one attached hydrogen (secondary N) is 1. The Bertz CT molecular complexity index is 1380. The van der Waals surface area contributed by atoms with Crippen LogP contribution in [0.5, 0.6) is 0 Å². The Balaban J connectivity index is 1.71. The molecule has 0 aliphatic carbocycles. The molecule has 2 aliphatic rings. The molecule has 0 fully saturated rings. The summed E-state index contributed by atoms with van der Waals surface area (Å²) in [6.07, 6.45) is 1.12. The number of hydrazone groups is 1. The number of hydrogen-bond acceptors (Lipinski definition) is 4. The number of aromatic amines is 1. The summed E-state index contributed by atoms with van der Waals surface area (Å²) in [5.41, 5.74) is 4.06. The zero-order chi connectivity index (χ0) is 24.0. The summed E-state index contributed by atoms with van der Waals surface area (Å²) in [5.74, 6) is -1.99. The number of hydrogen-bond donors (Lipinski definition) is 1. The molecule has 1 N–H and O–H groups in total. The number of amides is 3. The van der Waals surface area contributed by atoms with Crippen LogP contribution in [-0.4, -0.2) is 39.9 Å². The van der Waals surface area contributed by atoms with E-state index in [1.54, 1.807) is 12.1 Å². The van der Waals surface area contributed by atoms with E-state index in [0.717, 1.165) is 16.5 Å². The molecule has 1 aromatic heterocycles. The van der Waals surface area contributed by atoms with Gasteiger partial charge in [-0.15, -0.1) is 0 Å². The van der Waals surface area contributed by atoms with Crippen LogP contribution in [0.25, 0.3) is 16.5 Å². The van der Waals surface area contributed by atoms with Crippen molar-refractivity contribution in [1.29, 1.82) is 0 Å². The van der Waals surface area contributed by atoms with Crippen LogP contribution in [0.2, 0.25) is 0 Å². The lowest BCUT2D eigenvalue weighted by atomic mass is 9.88. The number of aromatic nitrogens is 1. The number of aryl methyl sites for hydroxylation is 1. The van der Waals surface area contributed by atoms with Crippen LogP contribution >= 0.6 is 0 Å². The van der Waals surface area contributed by atoms with Crippen molar-refractivity contribution in [3.63, 3.8) is 0 Å². The molecule has 34 heavy (non-hydrogen) atoms. The maximum absolute atomic E-state index is 13.7. The highest BCUT2D eigenvalue weighted by atomic mass is 16.2. The highest BCUT2D eigenvalue weighted by Gasteiger charge is 2.49. The Morgan fingerprint density at radius 2 is 1.65 bits per heavy atom. The van der Waals surface area contributed by atoms with Gasteiger partial charge in [0.25, 0.3) is 17.7 Å². The number of carbonyl (C=O) groups excluding carboxylic acids is 3. The van der Waals surface area contributed by atoms with E-state index >= 15 is 0 Å². The molecule has 2 aromatic carbocycles. The molecular formula is C27H26N4O3. The summed E-state index contributed by atoms with van der Waals surface area (Å²) in [7, 11) is 0. The minimum atomic E-state index is -0.899. The summed E-state index contributed by atoms with van der Waals surface area (Å²) in [6.45, 7) is 6.06. The number of anilines is 1. The third-order valence-corrected chi connectivity index (χ3v) is 6.54. The topological polar surface area (TPSA) is 85.8 Å². The monoisotopic (exact) mass is 454 g/mol. The van der Waals surface area contributed by atoms with Gasteiger partial charge in [-0.3, -0.25) is 19.3 Å². The Hall–Kier alpha value is -4.00. The predicted octanol–water partition coefficient (Wildman–Crippen LogP) is 4.44. The van der Waals surface area contributed by atoms with Crippen LogP contribution in [0, 0.1) is 12.8 Å². The van der Waals surface area contributed by atoms with Crippen molar-refractivity contribution < 1.29 is 14.4 Å². The standard InChI is InChI=1S/C27H26N4O3/c1-4-15-30-25(32)22(21-19(5-2)29-31(27(21)34)17-11-7-6-8-12-17)23(26(30)33)24-16(3)18-13-9-10-14-20(18)28-24/h6-14,21,28H,4-5,15H2,1-3H3. The van der Waals surface area contributed by atoms with Crippen molar-refractivity contribution in [2.75, 3.05) is 11.6 Å². The van der Waals surface area contributed by atoms with Gasteiger partial charge in [0.1, 0.15) is 5.92 Å². The largest absolute Gasteiger partial charge is 0.354 e.